The van der Waals surface area contributed by atoms with Gasteiger partial charge in [0.05, 0.1) is 18.4 Å². The Bertz CT molecular complexity index is 1020. The van der Waals surface area contributed by atoms with Crippen LogP contribution in [0.15, 0.2) is 29.3 Å². The number of nitrogens with zero attached hydrogens (tertiary/aromatic N) is 3. The lowest BCUT2D eigenvalue weighted by Gasteiger charge is -2.56. The summed E-state index contributed by atoms with van der Waals surface area (Å²) in [5, 5.41) is 14.8. The number of methoxy groups -OCH3 is 1. The number of thioether (sulfide) groups is 1. The first-order valence-electron chi connectivity index (χ1n) is 11.6. The largest absolute Gasteiger partial charge is 0.465 e. The van der Waals surface area contributed by atoms with Crippen LogP contribution >= 0.6 is 23.1 Å². The quantitative estimate of drug-likeness (QED) is 0.311. The first kappa shape index (κ1) is 22.7. The van der Waals surface area contributed by atoms with E-state index in [1.54, 1.807) is 11.4 Å². The molecular formula is C24H30N4O3S2. The van der Waals surface area contributed by atoms with Gasteiger partial charge in [0, 0.05) is 13.0 Å². The Balaban J connectivity index is 1.25. The highest BCUT2D eigenvalue weighted by Gasteiger charge is 2.51. The number of aromatic nitrogens is 3. The van der Waals surface area contributed by atoms with Gasteiger partial charge in [0.15, 0.2) is 5.16 Å². The lowest BCUT2D eigenvalue weighted by atomic mass is 9.49. The van der Waals surface area contributed by atoms with Crippen molar-refractivity contribution < 1.29 is 14.3 Å². The smallest absolute Gasteiger partial charge is 0.340 e. The third-order valence-corrected chi connectivity index (χ3v) is 9.26. The monoisotopic (exact) mass is 486 g/mol. The molecule has 2 aromatic heterocycles. The van der Waals surface area contributed by atoms with Crippen LogP contribution in [-0.2, 0) is 22.5 Å². The van der Waals surface area contributed by atoms with Gasteiger partial charge < -0.3 is 14.6 Å². The number of esters is 1. The van der Waals surface area contributed by atoms with Crippen molar-refractivity contribution in [1.29, 1.82) is 0 Å². The van der Waals surface area contributed by atoms with Gasteiger partial charge in [-0.25, -0.2) is 4.79 Å². The highest BCUT2D eigenvalue weighted by atomic mass is 32.2. The van der Waals surface area contributed by atoms with Gasteiger partial charge in [-0.05, 0) is 73.1 Å². The van der Waals surface area contributed by atoms with E-state index in [9.17, 15) is 9.59 Å². The van der Waals surface area contributed by atoms with Crippen molar-refractivity contribution in [2.24, 2.45) is 23.2 Å². The van der Waals surface area contributed by atoms with Gasteiger partial charge in [-0.3, -0.25) is 4.79 Å². The third-order valence-electron chi connectivity index (χ3n) is 7.46. The zero-order valence-electron chi connectivity index (χ0n) is 18.9. The zero-order valence-corrected chi connectivity index (χ0v) is 20.6. The fourth-order valence-electron chi connectivity index (χ4n) is 6.68. The average molecular weight is 487 g/mol. The number of thiophene rings is 1. The summed E-state index contributed by atoms with van der Waals surface area (Å²) in [5.74, 6) is 3.25. The number of rotatable bonds is 9. The van der Waals surface area contributed by atoms with E-state index in [4.69, 9.17) is 4.74 Å². The Hall–Kier alpha value is -2.13. The molecule has 9 heteroatoms. The van der Waals surface area contributed by atoms with Crippen LogP contribution in [0.2, 0.25) is 0 Å². The molecule has 6 rings (SSSR count). The molecule has 33 heavy (non-hydrogen) atoms. The van der Waals surface area contributed by atoms with Gasteiger partial charge in [0.25, 0.3) is 0 Å². The summed E-state index contributed by atoms with van der Waals surface area (Å²) in [6, 6.07) is 1.65. The molecule has 0 aliphatic heterocycles. The number of nitrogens with one attached hydrogen (secondary N) is 1. The van der Waals surface area contributed by atoms with Crippen LogP contribution in [0.4, 0.5) is 5.00 Å². The summed E-state index contributed by atoms with van der Waals surface area (Å²) in [7, 11) is 1.33. The second-order valence-corrected chi connectivity index (χ2v) is 11.7. The summed E-state index contributed by atoms with van der Waals surface area (Å²) in [6.45, 7) is 4.55. The molecule has 4 saturated carbocycles. The molecule has 0 unspecified atom stereocenters. The molecular weight excluding hydrogens is 456 g/mol. The maximum atomic E-state index is 12.6. The summed E-state index contributed by atoms with van der Waals surface area (Å²) < 4.78 is 6.89. The third kappa shape index (κ3) is 4.62. The number of amides is 1. The van der Waals surface area contributed by atoms with Gasteiger partial charge >= 0.3 is 5.97 Å². The number of hydrogen-bond acceptors (Lipinski definition) is 7. The van der Waals surface area contributed by atoms with Crippen molar-refractivity contribution in [2.45, 2.75) is 56.6 Å². The summed E-state index contributed by atoms with van der Waals surface area (Å²) >= 11 is 2.67. The van der Waals surface area contributed by atoms with E-state index in [-0.39, 0.29) is 11.7 Å². The molecule has 4 fully saturated rings. The first-order chi connectivity index (χ1) is 16.0. The Kier molecular flexibility index (Phi) is 6.35. The van der Waals surface area contributed by atoms with E-state index >= 15 is 0 Å². The molecule has 2 aromatic rings. The van der Waals surface area contributed by atoms with Gasteiger partial charge in [-0.15, -0.1) is 28.1 Å². The Morgan fingerprint density at radius 3 is 2.61 bits per heavy atom. The topological polar surface area (TPSA) is 86.1 Å². The Morgan fingerprint density at radius 1 is 1.27 bits per heavy atom. The Morgan fingerprint density at radius 2 is 1.97 bits per heavy atom. The maximum absolute atomic E-state index is 12.6. The van der Waals surface area contributed by atoms with Crippen molar-refractivity contribution in [3.05, 3.63) is 35.5 Å². The number of ether oxygens (including phenoxy) is 1. The first-order valence-corrected chi connectivity index (χ1v) is 13.5. The highest BCUT2D eigenvalue weighted by molar-refractivity contribution is 7.99. The number of carbonyl (C=O) groups is 2. The normalized spacial score (nSPS) is 27.5. The molecule has 4 bridgehead atoms. The minimum atomic E-state index is -0.459. The molecule has 7 nitrogen and oxygen atoms in total. The molecule has 4 aliphatic rings. The summed E-state index contributed by atoms with van der Waals surface area (Å²) in [6.07, 6.45) is 11.1. The van der Waals surface area contributed by atoms with Crippen LogP contribution in [0, 0.1) is 23.2 Å². The maximum Gasteiger partial charge on any atom is 0.340 e. The van der Waals surface area contributed by atoms with Crippen LogP contribution in [0.5, 0.6) is 0 Å². The molecule has 1 N–H and O–H groups in total. The van der Waals surface area contributed by atoms with Crippen molar-refractivity contribution in [3.63, 3.8) is 0 Å². The van der Waals surface area contributed by atoms with E-state index in [0.717, 1.165) is 35.2 Å². The number of allylic oxidation sites excluding steroid dienone is 1. The molecule has 176 valence electrons. The molecule has 4 aliphatic carbocycles. The van der Waals surface area contributed by atoms with E-state index in [2.05, 4.69) is 26.7 Å². The lowest BCUT2D eigenvalue weighted by molar-refractivity contribution is -0.113. The van der Waals surface area contributed by atoms with Crippen molar-refractivity contribution >= 4 is 40.0 Å². The number of hydrogen-bond donors (Lipinski definition) is 1. The van der Waals surface area contributed by atoms with Crippen molar-refractivity contribution in [3.8, 4) is 0 Å². The molecule has 0 saturated heterocycles. The standard InChI is InChI=1S/C24H30N4O3S2/c1-3-5-28-19(13-24-10-15-7-16(11-24)9-17(8-15)12-24)26-27-23(28)33-14-20(29)25-21-18(4-6-32-21)22(30)31-2/h3-4,6,15-17H,1,5,7-14H2,2H3,(H,25,29). The zero-order chi connectivity index (χ0) is 23.0. The number of carbonyl (C=O) groups excluding carboxylic acids is 2. The van der Waals surface area contributed by atoms with Crippen molar-refractivity contribution in [1.82, 2.24) is 14.8 Å². The van der Waals surface area contributed by atoms with Crippen LogP contribution < -0.4 is 5.32 Å². The molecule has 0 atom stereocenters. The molecule has 2 heterocycles. The minimum Gasteiger partial charge on any atom is -0.465 e. The Labute approximate surface area is 202 Å². The van der Waals surface area contributed by atoms with E-state index in [1.165, 1.54) is 68.7 Å². The van der Waals surface area contributed by atoms with Gasteiger partial charge in [-0.1, -0.05) is 17.8 Å². The molecule has 0 radical (unpaired) electrons. The van der Waals surface area contributed by atoms with Crippen LogP contribution in [0.25, 0.3) is 0 Å². The predicted molar refractivity (Wildman–Crippen MR) is 130 cm³/mol. The van der Waals surface area contributed by atoms with Crippen molar-refractivity contribution in [2.75, 3.05) is 18.2 Å². The van der Waals surface area contributed by atoms with Gasteiger partial charge in [0.2, 0.25) is 5.91 Å². The lowest BCUT2D eigenvalue weighted by Crippen LogP contribution is -2.47. The van der Waals surface area contributed by atoms with E-state index < -0.39 is 5.97 Å². The number of anilines is 1. The summed E-state index contributed by atoms with van der Waals surface area (Å²) in [4.78, 5) is 24.4. The van der Waals surface area contributed by atoms with Gasteiger partial charge in [-0.2, -0.15) is 0 Å². The molecule has 1 amide bonds. The van der Waals surface area contributed by atoms with Crippen LogP contribution in [-0.4, -0.2) is 39.5 Å². The fourth-order valence-corrected chi connectivity index (χ4v) is 8.24. The van der Waals surface area contributed by atoms with Crippen LogP contribution in [0.1, 0.15) is 54.7 Å². The van der Waals surface area contributed by atoms with Crippen LogP contribution in [0.3, 0.4) is 0 Å². The van der Waals surface area contributed by atoms with Gasteiger partial charge in [0.1, 0.15) is 10.8 Å². The predicted octanol–water partition coefficient (Wildman–Crippen LogP) is 4.80. The minimum absolute atomic E-state index is 0.186. The van der Waals surface area contributed by atoms with E-state index in [0.29, 0.717) is 22.5 Å². The molecule has 0 aromatic carbocycles. The second-order valence-electron chi connectivity index (χ2n) is 9.88. The fraction of sp³-hybridized carbons (Fsp3) is 0.583. The molecule has 0 spiro atoms. The highest BCUT2D eigenvalue weighted by Crippen LogP contribution is 2.61. The second kappa shape index (κ2) is 9.25. The van der Waals surface area contributed by atoms with E-state index in [1.807, 2.05) is 6.08 Å². The summed E-state index contributed by atoms with van der Waals surface area (Å²) in [5.41, 5.74) is 0.747. The average Bonchev–Trinajstić information content (AvgIpc) is 3.38. The SMILES string of the molecule is C=CCn1c(CC23CC4CC(CC(C4)C2)C3)nnc1SCC(=O)Nc1sccc1C(=O)OC.